The number of ether oxygens (including phenoxy) is 5. The monoisotopic (exact) mass is 781 g/mol. The molecule has 270 valence electrons. The zero-order valence-corrected chi connectivity index (χ0v) is 33.5. The van der Waals surface area contributed by atoms with Crippen LogP contribution in [0.2, 0.25) is 43.8 Å². The van der Waals surface area contributed by atoms with Crippen molar-refractivity contribution in [1.29, 1.82) is 0 Å². The van der Waals surface area contributed by atoms with E-state index in [1.165, 1.54) is 12.1 Å². The molecule has 14 heteroatoms. The molecular weight excluding hydrogens is 732 g/mol. The van der Waals surface area contributed by atoms with Gasteiger partial charge in [-0.05, 0) is 64.4 Å². The van der Waals surface area contributed by atoms with Crippen LogP contribution >= 0.6 is 15.9 Å². The lowest BCUT2D eigenvalue weighted by molar-refractivity contribution is 0.00832. The van der Waals surface area contributed by atoms with Crippen molar-refractivity contribution in [2.24, 2.45) is 0 Å². The Morgan fingerprint density at radius 1 is 0.959 bits per heavy atom. The molecule has 2 aromatic heterocycles. The molecule has 3 aromatic rings. The Labute approximate surface area is 298 Å². The minimum absolute atomic E-state index is 0.0589. The summed E-state index contributed by atoms with van der Waals surface area (Å²) in [5.41, 5.74) is 1.73. The number of nitrogens with zero attached hydrogens (tertiary/aromatic N) is 3. The molecule has 6 rings (SSSR count). The number of fused-ring (bicyclic) bond motifs is 2. The average Bonchev–Trinajstić information content (AvgIpc) is 3.68. The Morgan fingerprint density at radius 2 is 1.59 bits per heavy atom. The summed E-state index contributed by atoms with van der Waals surface area (Å²) < 4.78 is 71.2. The number of benzene rings is 1. The second-order valence-corrected chi connectivity index (χ2v) is 27.2. The van der Waals surface area contributed by atoms with E-state index in [1.807, 2.05) is 15.5 Å². The van der Waals surface area contributed by atoms with Crippen LogP contribution in [0.5, 0.6) is 5.88 Å². The molecule has 5 heterocycles. The molecule has 0 unspecified atom stereocenters. The molecule has 0 aliphatic carbocycles. The summed E-state index contributed by atoms with van der Waals surface area (Å²) in [5.74, 6) is -0.836. The summed E-state index contributed by atoms with van der Waals surface area (Å²) in [7, 11) is -3.37. The molecule has 3 fully saturated rings. The van der Waals surface area contributed by atoms with E-state index in [9.17, 15) is 0 Å². The molecule has 3 saturated heterocycles. The van der Waals surface area contributed by atoms with Crippen molar-refractivity contribution in [3.63, 3.8) is 0 Å². The molecular formula is C35H50BrF2N3O6Si2. The van der Waals surface area contributed by atoms with E-state index in [-0.39, 0.29) is 41.3 Å². The van der Waals surface area contributed by atoms with Gasteiger partial charge in [0.1, 0.15) is 40.6 Å². The first-order valence-corrected chi connectivity index (χ1v) is 24.6. The van der Waals surface area contributed by atoms with Gasteiger partial charge in [-0.3, -0.25) is 4.57 Å². The van der Waals surface area contributed by atoms with Crippen molar-refractivity contribution >= 4 is 49.0 Å². The molecule has 3 aliphatic rings. The minimum atomic E-state index is -2.05. The molecule has 49 heavy (non-hydrogen) atoms. The van der Waals surface area contributed by atoms with E-state index in [4.69, 9.17) is 33.1 Å². The third-order valence-electron chi connectivity index (χ3n) is 10.2. The Kier molecular flexibility index (Phi) is 10.7. The molecule has 0 saturated carbocycles. The van der Waals surface area contributed by atoms with Gasteiger partial charge in [0.2, 0.25) is 5.88 Å². The maximum absolute atomic E-state index is 15.6. The van der Waals surface area contributed by atoms with E-state index in [1.54, 1.807) is 6.07 Å². The van der Waals surface area contributed by atoms with Gasteiger partial charge in [0, 0.05) is 33.5 Å². The van der Waals surface area contributed by atoms with E-state index in [0.29, 0.717) is 73.2 Å². The van der Waals surface area contributed by atoms with E-state index in [0.717, 1.165) is 6.04 Å². The molecule has 3 aliphatic heterocycles. The summed E-state index contributed by atoms with van der Waals surface area (Å²) >= 11 is 3.74. The van der Waals surface area contributed by atoms with Crippen LogP contribution in [0.3, 0.4) is 0 Å². The summed E-state index contributed by atoms with van der Waals surface area (Å²) in [5, 5.41) is 0.0589. The first-order valence-electron chi connectivity index (χ1n) is 17.2. The normalized spacial score (nSPS) is 23.4. The smallest absolute Gasteiger partial charge is 0.213 e. The van der Waals surface area contributed by atoms with Crippen LogP contribution in [-0.2, 0) is 30.1 Å². The van der Waals surface area contributed by atoms with Gasteiger partial charge in [0.15, 0.2) is 14.4 Å². The summed E-state index contributed by atoms with van der Waals surface area (Å²) in [4.78, 5) is 6.71. The van der Waals surface area contributed by atoms with Crippen LogP contribution in [-0.4, -0.2) is 96.5 Å². The van der Waals surface area contributed by atoms with Crippen molar-refractivity contribution in [2.75, 3.05) is 51.0 Å². The lowest BCUT2D eigenvalue weighted by Crippen LogP contribution is -2.47. The summed E-state index contributed by atoms with van der Waals surface area (Å²) in [6, 6.07) is 7.21. The fraction of sp³-hybridized carbons (Fsp3) is 0.629. The highest BCUT2D eigenvalue weighted by atomic mass is 79.9. The fourth-order valence-electron chi connectivity index (χ4n) is 6.22. The number of morpholine rings is 1. The first kappa shape index (κ1) is 36.9. The number of pyridine rings is 1. The van der Waals surface area contributed by atoms with Gasteiger partial charge in [-0.15, -0.1) is 0 Å². The van der Waals surface area contributed by atoms with E-state index < -0.39 is 34.1 Å². The lowest BCUT2D eigenvalue weighted by Gasteiger charge is -2.39. The molecule has 0 bridgehead atoms. The average molecular weight is 783 g/mol. The largest absolute Gasteiger partial charge is 0.469 e. The summed E-state index contributed by atoms with van der Waals surface area (Å²) in [6.45, 7) is 21.9. The summed E-state index contributed by atoms with van der Waals surface area (Å²) in [6.07, 6.45) is -1.11. The number of hydrogen-bond acceptors (Lipinski definition) is 8. The number of hydrogen-bond donors (Lipinski definition) is 0. The maximum Gasteiger partial charge on any atom is 0.213 e. The quantitative estimate of drug-likeness (QED) is 0.144. The first-order chi connectivity index (χ1) is 23.0. The molecule has 4 atom stereocenters. The molecule has 0 N–H and O–H groups in total. The second-order valence-electron chi connectivity index (χ2n) is 16.0. The van der Waals surface area contributed by atoms with Gasteiger partial charge >= 0.3 is 0 Å². The lowest BCUT2D eigenvalue weighted by atomic mass is 10.1. The van der Waals surface area contributed by atoms with Crippen LogP contribution in [0.1, 0.15) is 20.8 Å². The van der Waals surface area contributed by atoms with Gasteiger partial charge in [-0.1, -0.05) is 40.4 Å². The number of halogens is 3. The highest BCUT2D eigenvalue weighted by Gasteiger charge is 2.52. The zero-order chi connectivity index (χ0) is 35.3. The Hall–Kier alpha value is -1.92. The molecule has 0 amide bonds. The second kappa shape index (κ2) is 14.2. The SMILES string of the molecule is CC(C)(C)[Si](C)(C)O[C@@H]1CO[C@H]2[C@@H]1OC[C@H]2Oc1c(Br)c2nc(-c3c(F)cc(N4CCOCC4)cc3F)ccc2n1COCC[Si](C)(C)C. The Morgan fingerprint density at radius 3 is 2.22 bits per heavy atom. The fourth-order valence-corrected chi connectivity index (χ4v) is 8.88. The standard InChI is InChI=1S/C35H50BrF2N3O6Si2/c1-35(2,3)49(7,8)47-28-20-45-32-27(19-44-33(28)32)46-34-30(36)31-26(41(34)21-43-15-16-48(4,5)6)10-9-25(39-31)29-23(37)17-22(18-24(29)38)40-11-13-42-14-12-40/h9-10,17-18,27-28,32-33H,11-16,19-21H2,1-8H3/t27-,28-,32-,33-/m1/s1. The van der Waals surface area contributed by atoms with Crippen molar-refractivity contribution in [3.8, 4) is 17.1 Å². The number of rotatable bonds is 11. The highest BCUT2D eigenvalue weighted by molar-refractivity contribution is 9.10. The van der Waals surface area contributed by atoms with Gasteiger partial charge in [0.25, 0.3) is 0 Å². The number of anilines is 1. The molecule has 9 nitrogen and oxygen atoms in total. The van der Waals surface area contributed by atoms with Crippen LogP contribution in [0.4, 0.5) is 14.5 Å². The van der Waals surface area contributed by atoms with Gasteiger partial charge in [-0.2, -0.15) is 0 Å². The van der Waals surface area contributed by atoms with Crippen LogP contribution in [0.15, 0.2) is 28.7 Å². The molecule has 0 radical (unpaired) electrons. The predicted octanol–water partition coefficient (Wildman–Crippen LogP) is 7.83. The van der Waals surface area contributed by atoms with Crippen molar-refractivity contribution < 1.29 is 36.9 Å². The van der Waals surface area contributed by atoms with E-state index in [2.05, 4.69) is 69.4 Å². The van der Waals surface area contributed by atoms with Crippen LogP contribution in [0, 0.1) is 11.6 Å². The predicted molar refractivity (Wildman–Crippen MR) is 196 cm³/mol. The Balaban J connectivity index is 1.29. The van der Waals surface area contributed by atoms with Crippen LogP contribution < -0.4 is 9.64 Å². The van der Waals surface area contributed by atoms with Gasteiger partial charge < -0.3 is 33.0 Å². The van der Waals surface area contributed by atoms with Crippen LogP contribution in [0.25, 0.3) is 22.3 Å². The minimum Gasteiger partial charge on any atom is -0.469 e. The maximum atomic E-state index is 15.6. The molecule has 1 aromatic carbocycles. The van der Waals surface area contributed by atoms with Crippen molar-refractivity contribution in [1.82, 2.24) is 9.55 Å². The Bertz CT molecular complexity index is 1630. The highest BCUT2D eigenvalue weighted by Crippen LogP contribution is 2.43. The number of aromatic nitrogens is 2. The molecule has 0 spiro atoms. The van der Waals surface area contributed by atoms with Gasteiger partial charge in [0.05, 0.1) is 49.3 Å². The third kappa shape index (κ3) is 7.81. The van der Waals surface area contributed by atoms with Crippen molar-refractivity contribution in [2.45, 2.75) is 95.7 Å². The van der Waals surface area contributed by atoms with Crippen molar-refractivity contribution in [3.05, 3.63) is 40.4 Å². The topological polar surface area (TPSA) is 76.4 Å². The van der Waals surface area contributed by atoms with Gasteiger partial charge in [-0.25, -0.2) is 13.8 Å². The van der Waals surface area contributed by atoms with E-state index >= 15 is 8.78 Å². The zero-order valence-electron chi connectivity index (χ0n) is 29.9. The third-order valence-corrected chi connectivity index (χ3v) is 17.1.